The zero-order valence-corrected chi connectivity index (χ0v) is 11.2. The van der Waals surface area contributed by atoms with Crippen LogP contribution in [0.25, 0.3) is 0 Å². The summed E-state index contributed by atoms with van der Waals surface area (Å²) in [6, 6.07) is 3.96. The topological polar surface area (TPSA) is 38.0 Å². The van der Waals surface area contributed by atoms with Crippen LogP contribution in [0.5, 0.6) is 0 Å². The predicted octanol–water partition coefficient (Wildman–Crippen LogP) is 3.53. The number of aliphatic hydroxyl groups excluding tert-OH is 1. The number of aliphatic hydroxyl groups is 1. The van der Waals surface area contributed by atoms with Crippen molar-refractivity contribution in [1.29, 1.82) is 0 Å². The van der Waals surface area contributed by atoms with Crippen molar-refractivity contribution in [1.82, 2.24) is 9.78 Å². The van der Waals surface area contributed by atoms with E-state index in [1.165, 1.54) is 6.20 Å². The molecule has 0 saturated heterocycles. The van der Waals surface area contributed by atoms with Gasteiger partial charge < -0.3 is 5.11 Å². The van der Waals surface area contributed by atoms with Crippen molar-refractivity contribution in [2.24, 2.45) is 0 Å². The number of aromatic nitrogens is 2. The Morgan fingerprint density at radius 3 is 2.57 bits per heavy atom. The lowest BCUT2D eigenvalue weighted by Crippen LogP contribution is -2.12. The Bertz CT molecular complexity index is 622. The Morgan fingerprint density at radius 1 is 1.29 bits per heavy atom. The first-order valence-electron chi connectivity index (χ1n) is 6.41. The smallest absolute Gasteiger partial charge is 0.382 e. The summed E-state index contributed by atoms with van der Waals surface area (Å²) in [6.45, 7) is 2.48. The summed E-state index contributed by atoms with van der Waals surface area (Å²) in [4.78, 5) is 0. The van der Waals surface area contributed by atoms with Gasteiger partial charge in [-0.05, 0) is 30.2 Å². The quantitative estimate of drug-likeness (QED) is 0.877. The lowest BCUT2D eigenvalue weighted by molar-refractivity contribution is -0.140. The molecule has 7 heteroatoms. The minimum atomic E-state index is -4.75. The average Bonchev–Trinajstić information content (AvgIpc) is 2.85. The molecule has 2 aromatic rings. The first kappa shape index (κ1) is 15.5. The molecule has 0 aliphatic heterocycles. The number of hydrogen-bond acceptors (Lipinski definition) is 2. The molecule has 0 fully saturated rings. The highest BCUT2D eigenvalue weighted by atomic mass is 19.4. The van der Waals surface area contributed by atoms with E-state index in [1.807, 2.05) is 6.92 Å². The van der Waals surface area contributed by atoms with E-state index in [2.05, 4.69) is 5.10 Å². The highest BCUT2D eigenvalue weighted by Crippen LogP contribution is 2.33. The molecule has 1 heterocycles. The molecule has 0 amide bonds. The molecule has 0 aliphatic carbocycles. The zero-order valence-electron chi connectivity index (χ0n) is 11.2. The number of halogens is 4. The van der Waals surface area contributed by atoms with Gasteiger partial charge in [-0.2, -0.15) is 18.3 Å². The third kappa shape index (κ3) is 3.24. The summed E-state index contributed by atoms with van der Waals surface area (Å²) in [6.07, 6.45) is -3.72. The van der Waals surface area contributed by atoms with Gasteiger partial charge in [-0.15, -0.1) is 0 Å². The molecule has 1 unspecified atom stereocenters. The van der Waals surface area contributed by atoms with E-state index in [0.29, 0.717) is 24.4 Å². The Kier molecular flexibility index (Phi) is 4.32. The van der Waals surface area contributed by atoms with Crippen LogP contribution < -0.4 is 0 Å². The molecule has 1 aromatic heterocycles. The van der Waals surface area contributed by atoms with Crippen molar-refractivity contribution in [3.63, 3.8) is 0 Å². The molecule has 1 N–H and O–H groups in total. The van der Waals surface area contributed by atoms with Gasteiger partial charge in [0, 0.05) is 12.7 Å². The lowest BCUT2D eigenvalue weighted by atomic mass is 10.0. The third-order valence-corrected chi connectivity index (χ3v) is 3.08. The number of hydrogen-bond donors (Lipinski definition) is 1. The fourth-order valence-corrected chi connectivity index (χ4v) is 2.08. The van der Waals surface area contributed by atoms with Crippen molar-refractivity contribution in [2.75, 3.05) is 0 Å². The average molecular weight is 302 g/mol. The highest BCUT2D eigenvalue weighted by Gasteiger charge is 2.34. The van der Waals surface area contributed by atoms with Gasteiger partial charge in [-0.1, -0.05) is 13.0 Å². The van der Waals surface area contributed by atoms with Crippen LogP contribution in [0, 0.1) is 5.82 Å². The van der Waals surface area contributed by atoms with Crippen LogP contribution in [-0.2, 0) is 12.7 Å². The van der Waals surface area contributed by atoms with Crippen molar-refractivity contribution in [2.45, 2.75) is 32.2 Å². The van der Waals surface area contributed by atoms with Crippen LogP contribution in [0.1, 0.15) is 36.3 Å². The Labute approximate surface area is 118 Å². The molecular formula is C14H14F4N2O. The molecule has 1 aromatic carbocycles. The van der Waals surface area contributed by atoms with Gasteiger partial charge in [0.05, 0.1) is 11.3 Å². The molecule has 114 valence electrons. The van der Waals surface area contributed by atoms with E-state index < -0.39 is 23.7 Å². The summed E-state index contributed by atoms with van der Waals surface area (Å²) in [7, 11) is 0. The minimum absolute atomic E-state index is 0.0540. The normalized spacial score (nSPS) is 13.4. The molecule has 3 nitrogen and oxygen atoms in total. The molecule has 1 atom stereocenters. The summed E-state index contributed by atoms with van der Waals surface area (Å²) in [5, 5.41) is 14.2. The fraction of sp³-hybridized carbons (Fsp3) is 0.357. The van der Waals surface area contributed by atoms with Crippen molar-refractivity contribution < 1.29 is 22.7 Å². The first-order valence-corrected chi connectivity index (χ1v) is 6.41. The summed E-state index contributed by atoms with van der Waals surface area (Å²) in [5.74, 6) is -1.40. The molecule has 0 bridgehead atoms. The van der Waals surface area contributed by atoms with E-state index in [9.17, 15) is 22.7 Å². The molecule has 0 radical (unpaired) electrons. The van der Waals surface area contributed by atoms with E-state index >= 15 is 0 Å². The number of rotatable bonds is 4. The van der Waals surface area contributed by atoms with Gasteiger partial charge in [0.15, 0.2) is 0 Å². The summed E-state index contributed by atoms with van der Waals surface area (Å²) >= 11 is 0. The van der Waals surface area contributed by atoms with Crippen LogP contribution >= 0.6 is 0 Å². The van der Waals surface area contributed by atoms with Crippen LogP contribution in [0.2, 0.25) is 0 Å². The summed E-state index contributed by atoms with van der Waals surface area (Å²) < 4.78 is 52.6. The lowest BCUT2D eigenvalue weighted by Gasteiger charge is -2.15. The van der Waals surface area contributed by atoms with Gasteiger partial charge in [0.2, 0.25) is 0 Å². The van der Waals surface area contributed by atoms with Gasteiger partial charge in [-0.25, -0.2) is 4.39 Å². The van der Waals surface area contributed by atoms with Gasteiger partial charge in [0.25, 0.3) is 0 Å². The number of benzene rings is 1. The maximum absolute atomic E-state index is 13.5. The predicted molar refractivity (Wildman–Crippen MR) is 68.0 cm³/mol. The Morgan fingerprint density at radius 2 is 2.00 bits per heavy atom. The minimum Gasteiger partial charge on any atom is -0.382 e. The van der Waals surface area contributed by atoms with Gasteiger partial charge in [0.1, 0.15) is 11.9 Å². The first-order chi connectivity index (χ1) is 9.84. The summed E-state index contributed by atoms with van der Waals surface area (Å²) in [5.41, 5.74) is -0.880. The number of alkyl halides is 3. The Balaban J connectivity index is 2.34. The number of aryl methyl sites for hydroxylation is 1. The van der Waals surface area contributed by atoms with Crippen LogP contribution in [0.15, 0.2) is 30.5 Å². The van der Waals surface area contributed by atoms with E-state index in [0.717, 1.165) is 12.5 Å². The second kappa shape index (κ2) is 5.85. The second-order valence-corrected chi connectivity index (χ2v) is 4.62. The van der Waals surface area contributed by atoms with Crippen molar-refractivity contribution >= 4 is 0 Å². The van der Waals surface area contributed by atoms with Crippen LogP contribution in [0.4, 0.5) is 17.6 Å². The Hall–Kier alpha value is -1.89. The van der Waals surface area contributed by atoms with E-state index in [4.69, 9.17) is 0 Å². The third-order valence-electron chi connectivity index (χ3n) is 3.08. The van der Waals surface area contributed by atoms with Crippen molar-refractivity contribution in [3.05, 3.63) is 53.1 Å². The second-order valence-electron chi connectivity index (χ2n) is 4.62. The molecular weight excluding hydrogens is 288 g/mol. The molecule has 2 rings (SSSR count). The molecule has 21 heavy (non-hydrogen) atoms. The maximum Gasteiger partial charge on any atom is 0.419 e. The monoisotopic (exact) mass is 302 g/mol. The highest BCUT2D eigenvalue weighted by molar-refractivity contribution is 5.31. The fourth-order valence-electron chi connectivity index (χ4n) is 2.08. The van der Waals surface area contributed by atoms with E-state index in [1.54, 1.807) is 10.7 Å². The molecule has 0 aliphatic rings. The SMILES string of the molecule is CCCn1nccc1C(O)c1ccc(C(F)(F)F)c(F)c1. The standard InChI is InChI=1S/C14H14F4N2O/c1-2-7-20-12(5-6-19-20)13(21)9-3-4-10(11(15)8-9)14(16,17)18/h3-6,8,13,21H,2,7H2,1H3. The maximum atomic E-state index is 13.5. The number of nitrogens with zero attached hydrogens (tertiary/aromatic N) is 2. The van der Waals surface area contributed by atoms with Gasteiger partial charge in [-0.3, -0.25) is 4.68 Å². The molecule has 0 spiro atoms. The van der Waals surface area contributed by atoms with Crippen LogP contribution in [0.3, 0.4) is 0 Å². The van der Waals surface area contributed by atoms with E-state index in [-0.39, 0.29) is 5.56 Å². The largest absolute Gasteiger partial charge is 0.419 e. The van der Waals surface area contributed by atoms with Gasteiger partial charge >= 0.3 is 6.18 Å². The zero-order chi connectivity index (χ0) is 15.6. The van der Waals surface area contributed by atoms with Crippen molar-refractivity contribution in [3.8, 4) is 0 Å². The van der Waals surface area contributed by atoms with Crippen LogP contribution in [-0.4, -0.2) is 14.9 Å². The molecule has 0 saturated carbocycles.